The van der Waals surface area contributed by atoms with E-state index in [1.165, 1.54) is 29.2 Å². The Morgan fingerprint density at radius 2 is 0.936 bits per heavy atom. The zero-order chi connectivity index (χ0) is 69.0. The summed E-state index contributed by atoms with van der Waals surface area (Å²) in [4.78, 5) is 168. The van der Waals surface area contributed by atoms with Crippen molar-refractivity contribution in [1.82, 2.24) is 47.4 Å². The number of nitrogens with two attached hydrogens (primary N) is 4. The minimum Gasteiger partial charge on any atom is -0.508 e. The monoisotopic (exact) mass is 1320 g/mol. The summed E-state index contributed by atoms with van der Waals surface area (Å²) in [5.74, 6) is -10.3. The van der Waals surface area contributed by atoms with Crippen molar-refractivity contribution in [2.45, 2.75) is 172 Å². The van der Waals surface area contributed by atoms with Crippen LogP contribution in [0.2, 0.25) is 0 Å². The Kier molecular flexibility index (Phi) is 30.6. The number of rotatable bonds is 38. The molecule has 27 heteroatoms. The quantitative estimate of drug-likeness (QED) is 0.0212. The molecule has 1 heterocycles. The summed E-state index contributed by atoms with van der Waals surface area (Å²) in [6.45, 7) is 7.55. The van der Waals surface area contributed by atoms with Crippen molar-refractivity contribution in [2.75, 3.05) is 13.1 Å². The summed E-state index contributed by atoms with van der Waals surface area (Å²) in [7, 11) is 0. The van der Waals surface area contributed by atoms with Crippen LogP contribution in [0.15, 0.2) is 115 Å². The number of likely N-dealkylation sites (tertiary alicyclic amines) is 1. The Bertz CT molecular complexity index is 3220. The molecule has 10 atom stereocenters. The second-order valence-corrected chi connectivity index (χ2v) is 24.8. The van der Waals surface area contributed by atoms with Gasteiger partial charge in [0.2, 0.25) is 70.1 Å². The SMILES string of the molecule is CC(C)C[C@H](NC(=O)[C@H](CCCCN)NC(=O)[C@@H](NC(=O)[C@H](Cc1ccccc1)NC(=O)[C@H](CCC(N)=O)NC(=O)[C@H](CC(N)=O)NC(=O)[C@H](Cc1ccc(O)cc1)NC(=O)[C@H](Cc1ccccc1)NC(=O)[C@@H]1CCCN1C(=O)[C@H](N)Cc1ccccc1)C(C)C)C(=O)S. The molecule has 4 aromatic carbocycles. The van der Waals surface area contributed by atoms with E-state index in [1.54, 1.807) is 74.5 Å². The van der Waals surface area contributed by atoms with Crippen LogP contribution >= 0.6 is 12.6 Å². The summed E-state index contributed by atoms with van der Waals surface area (Å²) < 4.78 is 0. The highest BCUT2D eigenvalue weighted by molar-refractivity contribution is 7.96. The van der Waals surface area contributed by atoms with Gasteiger partial charge < -0.3 is 75.5 Å². The molecule has 1 aliphatic rings. The first-order valence-corrected chi connectivity index (χ1v) is 32.1. The molecule has 0 bridgehead atoms. The molecule has 0 saturated carbocycles. The molecule has 1 fully saturated rings. The standard InChI is InChI=1S/C67H91N13O13S/c1-39(2)33-53(67(93)94)78-58(84)47(23-14-15-31-68)73-65(91)57(40(3)4)79-63(89)51(36-43-21-12-7-13-22-43)74-59(85)48(29-30-55(70)82)72-62(88)52(38-56(71)83)76-60(86)49(37-44-25-27-45(81)28-26-44)75-61(87)50(35-42-19-10-6-11-20-42)77-64(90)54-24-16-32-80(54)66(92)46(69)34-41-17-8-5-9-18-41/h5-13,17-22,25-28,39-40,46-54,57,81H,14-16,23-24,29-38,68-69H2,1-4H3,(H2,70,82)(H2,71,83)(H,72,88)(H,73,91)(H,74,85)(H,75,87)(H,76,86)(H,77,90)(H,78,84)(H,79,89)(H,93,94)/t46-,47+,48+,49+,50+,51+,52+,53+,54+,57+/m1/s1. The Labute approximate surface area is 553 Å². The van der Waals surface area contributed by atoms with Crippen LogP contribution < -0.4 is 65.5 Å². The van der Waals surface area contributed by atoms with Crippen LogP contribution in [0.3, 0.4) is 0 Å². The third kappa shape index (κ3) is 25.0. The van der Waals surface area contributed by atoms with Gasteiger partial charge in [-0.15, -0.1) is 12.6 Å². The predicted molar refractivity (Wildman–Crippen MR) is 354 cm³/mol. The molecule has 0 aliphatic carbocycles. The highest BCUT2D eigenvalue weighted by Crippen LogP contribution is 2.21. The molecular weight excluding hydrogens is 1230 g/mol. The van der Waals surface area contributed by atoms with Crippen molar-refractivity contribution in [1.29, 1.82) is 0 Å². The van der Waals surface area contributed by atoms with E-state index in [0.29, 0.717) is 42.5 Å². The van der Waals surface area contributed by atoms with E-state index < -0.39 is 156 Å². The topological polar surface area (TPSA) is 429 Å². The number of amides is 11. The summed E-state index contributed by atoms with van der Waals surface area (Å²) in [5, 5.41) is 30.7. The largest absolute Gasteiger partial charge is 0.508 e. The Morgan fingerprint density at radius 3 is 1.41 bits per heavy atom. The normalized spacial score (nSPS) is 15.7. The first-order valence-electron chi connectivity index (χ1n) is 31.6. The van der Waals surface area contributed by atoms with E-state index in [9.17, 15) is 62.6 Å². The second kappa shape index (κ2) is 38.1. The van der Waals surface area contributed by atoms with Crippen LogP contribution in [0.5, 0.6) is 5.75 Å². The van der Waals surface area contributed by atoms with Gasteiger partial charge in [0.1, 0.15) is 54.1 Å². The number of aromatic hydroxyl groups is 1. The van der Waals surface area contributed by atoms with Crippen molar-refractivity contribution in [3.05, 3.63) is 138 Å². The number of carbonyl (C=O) groups is 12. The molecule has 4 aromatic rings. The lowest BCUT2D eigenvalue weighted by Crippen LogP contribution is -2.61. The lowest BCUT2D eigenvalue weighted by molar-refractivity contribution is -0.140. The molecule has 26 nitrogen and oxygen atoms in total. The van der Waals surface area contributed by atoms with Crippen molar-refractivity contribution >= 4 is 82.7 Å². The van der Waals surface area contributed by atoms with Crippen LogP contribution in [-0.4, -0.2) is 154 Å². The predicted octanol–water partition coefficient (Wildman–Crippen LogP) is 0.288. The van der Waals surface area contributed by atoms with Crippen LogP contribution in [0, 0.1) is 11.8 Å². The number of nitrogens with zero attached hydrogens (tertiary/aromatic N) is 1. The number of hydrogen-bond acceptors (Lipinski definition) is 15. The van der Waals surface area contributed by atoms with E-state index in [2.05, 4.69) is 55.2 Å². The zero-order valence-electron chi connectivity index (χ0n) is 53.6. The number of phenols is 1. The van der Waals surface area contributed by atoms with E-state index in [0.717, 1.165) is 5.56 Å². The maximum atomic E-state index is 14.7. The van der Waals surface area contributed by atoms with Gasteiger partial charge in [-0.2, -0.15) is 0 Å². The van der Waals surface area contributed by atoms with Crippen LogP contribution in [0.25, 0.3) is 0 Å². The maximum Gasteiger partial charge on any atom is 0.243 e. The molecule has 11 amide bonds. The van der Waals surface area contributed by atoms with Gasteiger partial charge in [-0.05, 0) is 104 Å². The number of nitrogens with one attached hydrogen (secondary N) is 8. The molecule has 5 rings (SSSR count). The summed E-state index contributed by atoms with van der Waals surface area (Å²) >= 11 is 3.96. The van der Waals surface area contributed by atoms with E-state index >= 15 is 0 Å². The van der Waals surface area contributed by atoms with Gasteiger partial charge in [0.25, 0.3) is 0 Å². The number of carbonyl (C=O) groups excluding carboxylic acids is 12. The first-order chi connectivity index (χ1) is 44.7. The minimum absolute atomic E-state index is 0.00576. The van der Waals surface area contributed by atoms with Gasteiger partial charge in [-0.1, -0.05) is 131 Å². The maximum absolute atomic E-state index is 14.7. The summed E-state index contributed by atoms with van der Waals surface area (Å²) in [6.07, 6.45) is -0.150. The van der Waals surface area contributed by atoms with Crippen molar-refractivity contribution < 1.29 is 62.6 Å². The minimum atomic E-state index is -1.87. The highest BCUT2D eigenvalue weighted by Gasteiger charge is 2.40. The van der Waals surface area contributed by atoms with Crippen molar-refractivity contribution in [3.8, 4) is 5.75 Å². The van der Waals surface area contributed by atoms with E-state index in [1.807, 2.05) is 44.2 Å². The van der Waals surface area contributed by atoms with Gasteiger partial charge >= 0.3 is 0 Å². The number of hydrogen-bond donors (Lipinski definition) is 14. The lowest BCUT2D eigenvalue weighted by atomic mass is 9.99. The van der Waals surface area contributed by atoms with Crippen molar-refractivity contribution in [2.24, 2.45) is 34.8 Å². The first kappa shape index (κ1) is 75.5. The fourth-order valence-electron chi connectivity index (χ4n) is 10.8. The number of benzene rings is 4. The number of thiol groups is 1. The Morgan fingerprint density at radius 1 is 0.511 bits per heavy atom. The second-order valence-electron chi connectivity index (χ2n) is 24.3. The van der Waals surface area contributed by atoms with Gasteiger partial charge in [0.15, 0.2) is 0 Å². The van der Waals surface area contributed by atoms with Crippen LogP contribution in [0.4, 0.5) is 0 Å². The molecule has 0 spiro atoms. The molecule has 1 saturated heterocycles. The fourth-order valence-corrected chi connectivity index (χ4v) is 10.9. The fraction of sp³-hybridized carbons (Fsp3) is 0.463. The average molecular weight is 1320 g/mol. The summed E-state index contributed by atoms with van der Waals surface area (Å²) in [5.41, 5.74) is 25.7. The number of unbranched alkanes of at least 4 members (excludes halogenated alkanes) is 1. The summed E-state index contributed by atoms with van der Waals surface area (Å²) in [6, 6.07) is 18.4. The molecule has 0 aromatic heterocycles. The van der Waals surface area contributed by atoms with E-state index in [4.69, 9.17) is 22.9 Å². The Hall–Kier alpha value is -9.21. The average Bonchev–Trinajstić information content (AvgIpc) is 1.39. The van der Waals surface area contributed by atoms with Crippen molar-refractivity contribution in [3.63, 3.8) is 0 Å². The molecule has 94 heavy (non-hydrogen) atoms. The number of primary amides is 2. The van der Waals surface area contributed by atoms with Crippen LogP contribution in [0.1, 0.15) is 108 Å². The zero-order valence-corrected chi connectivity index (χ0v) is 54.4. The Balaban J connectivity index is 1.40. The molecular formula is C67H91N13O13S. The molecule has 0 radical (unpaired) electrons. The lowest BCUT2D eigenvalue weighted by Gasteiger charge is -2.29. The van der Waals surface area contributed by atoms with E-state index in [-0.39, 0.29) is 63.2 Å². The van der Waals surface area contributed by atoms with Gasteiger partial charge in [-0.3, -0.25) is 57.5 Å². The molecule has 0 unspecified atom stereocenters. The smallest absolute Gasteiger partial charge is 0.243 e. The number of phenolic OH excluding ortho intramolecular Hbond substituents is 1. The molecule has 17 N–H and O–H groups in total. The third-order valence-corrected chi connectivity index (χ3v) is 16.1. The third-order valence-electron chi connectivity index (χ3n) is 15.8. The van der Waals surface area contributed by atoms with Gasteiger partial charge in [0.05, 0.1) is 18.5 Å². The molecule has 1 aliphatic heterocycles. The van der Waals surface area contributed by atoms with Gasteiger partial charge in [-0.25, -0.2) is 0 Å². The van der Waals surface area contributed by atoms with Gasteiger partial charge in [0, 0.05) is 32.2 Å². The highest BCUT2D eigenvalue weighted by atomic mass is 32.1. The van der Waals surface area contributed by atoms with Crippen LogP contribution in [-0.2, 0) is 83.2 Å². The molecule has 508 valence electrons.